The molecule has 0 unspecified atom stereocenters. The van der Waals surface area contributed by atoms with Gasteiger partial charge in [0, 0.05) is 25.2 Å². The lowest BCUT2D eigenvalue weighted by molar-refractivity contribution is -0.136. The third-order valence-electron chi connectivity index (χ3n) is 3.51. The Kier molecular flexibility index (Phi) is 3.56. The quantitative estimate of drug-likeness (QED) is 0.737. The molecule has 0 aromatic heterocycles. The van der Waals surface area contributed by atoms with Crippen LogP contribution in [0.3, 0.4) is 0 Å². The number of carbonyl (C=O) groups is 1. The molecular weight excluding hydrogens is 230 g/mol. The molecule has 0 amide bonds. The van der Waals surface area contributed by atoms with Gasteiger partial charge in [-0.2, -0.15) is 5.26 Å². The highest BCUT2D eigenvalue weighted by molar-refractivity contribution is 5.92. The second kappa shape index (κ2) is 5.13. The fraction of sp³-hybridized carbons (Fsp3) is 0.538. The van der Waals surface area contributed by atoms with E-state index in [9.17, 15) is 10.1 Å². The zero-order valence-electron chi connectivity index (χ0n) is 10.5. The van der Waals surface area contributed by atoms with E-state index in [4.69, 9.17) is 10.5 Å². The van der Waals surface area contributed by atoms with Crippen LogP contribution in [0.2, 0.25) is 0 Å². The van der Waals surface area contributed by atoms with Gasteiger partial charge < -0.3 is 15.4 Å². The minimum Gasteiger partial charge on any atom is -0.466 e. The minimum absolute atomic E-state index is 0.282. The van der Waals surface area contributed by atoms with E-state index < -0.39 is 5.97 Å². The summed E-state index contributed by atoms with van der Waals surface area (Å²) in [7, 11) is 1.33. The van der Waals surface area contributed by atoms with Gasteiger partial charge in [0.1, 0.15) is 6.07 Å². The zero-order chi connectivity index (χ0) is 13.1. The molecule has 0 atom stereocenters. The van der Waals surface area contributed by atoms with Crippen LogP contribution >= 0.6 is 0 Å². The molecular formula is C13H17N3O2. The van der Waals surface area contributed by atoms with Crippen molar-refractivity contribution in [1.29, 1.82) is 5.26 Å². The number of hydrogen-bond donors (Lipinski definition) is 1. The molecule has 0 radical (unpaired) electrons. The summed E-state index contributed by atoms with van der Waals surface area (Å²) in [6, 6.07) is 2.12. The molecule has 1 aliphatic carbocycles. The number of methoxy groups -OCH3 is 1. The van der Waals surface area contributed by atoms with Crippen molar-refractivity contribution in [3.05, 3.63) is 22.5 Å². The summed E-state index contributed by atoms with van der Waals surface area (Å²) in [6.07, 6.45) is 3.88. The number of nitrogens with zero attached hydrogens (tertiary/aromatic N) is 2. The predicted molar refractivity (Wildman–Crippen MR) is 65.9 cm³/mol. The molecule has 1 saturated heterocycles. The first-order valence-electron chi connectivity index (χ1n) is 6.14. The number of ether oxygens (including phenoxy) is 1. The number of allylic oxidation sites excluding steroid dienone is 2. The first-order chi connectivity index (χ1) is 8.69. The molecule has 2 aliphatic rings. The van der Waals surface area contributed by atoms with Crippen LogP contribution in [0.25, 0.3) is 0 Å². The molecule has 96 valence electrons. The van der Waals surface area contributed by atoms with Gasteiger partial charge in [-0.05, 0) is 19.3 Å². The Morgan fingerprint density at radius 2 is 2.06 bits per heavy atom. The Labute approximate surface area is 106 Å². The second-order valence-electron chi connectivity index (χ2n) is 4.54. The Morgan fingerprint density at radius 3 is 2.61 bits per heavy atom. The van der Waals surface area contributed by atoms with Crippen LogP contribution in [0.1, 0.15) is 25.7 Å². The molecule has 2 rings (SSSR count). The molecule has 5 heteroatoms. The van der Waals surface area contributed by atoms with Crippen molar-refractivity contribution in [2.45, 2.75) is 25.7 Å². The van der Waals surface area contributed by atoms with Crippen LogP contribution in [0.4, 0.5) is 0 Å². The van der Waals surface area contributed by atoms with E-state index in [1.54, 1.807) is 0 Å². The van der Waals surface area contributed by atoms with E-state index >= 15 is 0 Å². The van der Waals surface area contributed by atoms with Gasteiger partial charge in [0.25, 0.3) is 0 Å². The highest BCUT2D eigenvalue weighted by atomic mass is 16.5. The third kappa shape index (κ3) is 2.06. The number of likely N-dealkylation sites (tertiary alicyclic amines) is 1. The van der Waals surface area contributed by atoms with Gasteiger partial charge in [-0.3, -0.25) is 0 Å². The first kappa shape index (κ1) is 12.5. The summed E-state index contributed by atoms with van der Waals surface area (Å²) < 4.78 is 4.70. The Hall–Kier alpha value is -1.96. The third-order valence-corrected chi connectivity index (χ3v) is 3.51. The molecule has 18 heavy (non-hydrogen) atoms. The molecule has 1 heterocycles. The fourth-order valence-electron chi connectivity index (χ4n) is 2.52. The highest BCUT2D eigenvalue weighted by Gasteiger charge is 2.31. The van der Waals surface area contributed by atoms with Crippen molar-refractivity contribution in [3.8, 4) is 6.07 Å². The van der Waals surface area contributed by atoms with Gasteiger partial charge in [-0.15, -0.1) is 0 Å². The van der Waals surface area contributed by atoms with Crippen molar-refractivity contribution >= 4 is 5.97 Å². The van der Waals surface area contributed by atoms with Crippen LogP contribution in [0.15, 0.2) is 22.5 Å². The average Bonchev–Trinajstić information content (AvgIpc) is 2.76. The van der Waals surface area contributed by atoms with Crippen molar-refractivity contribution < 1.29 is 9.53 Å². The smallest absolute Gasteiger partial charge is 0.336 e. The largest absolute Gasteiger partial charge is 0.466 e. The summed E-state index contributed by atoms with van der Waals surface area (Å²) in [4.78, 5) is 13.8. The Morgan fingerprint density at radius 1 is 1.39 bits per heavy atom. The maximum Gasteiger partial charge on any atom is 0.336 e. The van der Waals surface area contributed by atoms with Gasteiger partial charge in [0.2, 0.25) is 0 Å². The van der Waals surface area contributed by atoms with Crippen LogP contribution < -0.4 is 5.73 Å². The van der Waals surface area contributed by atoms with Crippen molar-refractivity contribution in [3.63, 3.8) is 0 Å². The average molecular weight is 247 g/mol. The van der Waals surface area contributed by atoms with Crippen molar-refractivity contribution in [2.24, 2.45) is 5.73 Å². The fourth-order valence-corrected chi connectivity index (χ4v) is 2.52. The monoisotopic (exact) mass is 247 g/mol. The molecule has 0 aromatic carbocycles. The lowest BCUT2D eigenvalue weighted by atomic mass is 10.1. The van der Waals surface area contributed by atoms with E-state index in [1.807, 2.05) is 0 Å². The molecule has 2 N–H and O–H groups in total. The molecule has 0 aromatic rings. The molecule has 1 aliphatic heterocycles. The normalized spacial score (nSPS) is 20.1. The zero-order valence-corrected chi connectivity index (χ0v) is 10.5. The number of rotatable bonds is 2. The summed E-state index contributed by atoms with van der Waals surface area (Å²) in [5, 5.41) is 9.21. The number of piperidine rings is 1. The number of nitriles is 1. The van der Waals surface area contributed by atoms with Crippen LogP contribution in [-0.2, 0) is 9.53 Å². The highest BCUT2D eigenvalue weighted by Crippen LogP contribution is 2.33. The van der Waals surface area contributed by atoms with Crippen LogP contribution in [0.5, 0.6) is 0 Å². The van der Waals surface area contributed by atoms with E-state index in [0.717, 1.165) is 31.6 Å². The van der Waals surface area contributed by atoms with Gasteiger partial charge in [0.05, 0.1) is 24.0 Å². The van der Waals surface area contributed by atoms with Gasteiger partial charge in [-0.25, -0.2) is 4.79 Å². The Bertz CT molecular complexity index is 465. The van der Waals surface area contributed by atoms with E-state index in [0.29, 0.717) is 17.6 Å². The first-order valence-corrected chi connectivity index (χ1v) is 6.14. The van der Waals surface area contributed by atoms with Gasteiger partial charge >= 0.3 is 5.97 Å². The number of hydrogen-bond acceptors (Lipinski definition) is 5. The van der Waals surface area contributed by atoms with Crippen LogP contribution in [0, 0.1) is 11.3 Å². The van der Waals surface area contributed by atoms with Gasteiger partial charge in [-0.1, -0.05) is 0 Å². The maximum atomic E-state index is 11.6. The molecule has 0 spiro atoms. The summed E-state index contributed by atoms with van der Waals surface area (Å²) in [5.74, 6) is -0.438. The predicted octanol–water partition coefficient (Wildman–Crippen LogP) is 1.04. The van der Waals surface area contributed by atoms with Crippen molar-refractivity contribution in [2.75, 3.05) is 20.2 Å². The van der Waals surface area contributed by atoms with E-state index in [2.05, 4.69) is 11.0 Å². The summed E-state index contributed by atoms with van der Waals surface area (Å²) in [6.45, 7) is 1.87. The van der Waals surface area contributed by atoms with E-state index in [1.165, 1.54) is 13.5 Å². The minimum atomic E-state index is -0.438. The summed E-state index contributed by atoms with van der Waals surface area (Å²) >= 11 is 0. The topological polar surface area (TPSA) is 79.3 Å². The number of esters is 1. The Balaban J connectivity index is 2.26. The number of nitrogens with two attached hydrogens (primary N) is 1. The maximum absolute atomic E-state index is 11.6. The van der Waals surface area contributed by atoms with E-state index in [-0.39, 0.29) is 5.70 Å². The van der Waals surface area contributed by atoms with Crippen molar-refractivity contribution in [1.82, 2.24) is 4.90 Å². The SMILES string of the molecule is COC(=O)C1=C(N)C(C#N)=C(N2CCCCC2)C1. The van der Waals surface area contributed by atoms with Crippen LogP contribution in [-0.4, -0.2) is 31.1 Å². The number of carbonyl (C=O) groups excluding carboxylic acids is 1. The second-order valence-corrected chi connectivity index (χ2v) is 4.54. The lowest BCUT2D eigenvalue weighted by Gasteiger charge is -2.30. The molecule has 0 bridgehead atoms. The lowest BCUT2D eigenvalue weighted by Crippen LogP contribution is -2.29. The molecule has 5 nitrogen and oxygen atoms in total. The standard InChI is InChI=1S/C13H17N3O2/c1-18-13(17)9-7-11(10(8-14)12(9)15)16-5-3-2-4-6-16/h2-7,15H2,1H3. The molecule has 1 fully saturated rings. The summed E-state index contributed by atoms with van der Waals surface area (Å²) in [5.41, 5.74) is 7.90. The molecule has 0 saturated carbocycles. The van der Waals surface area contributed by atoms with Gasteiger partial charge in [0.15, 0.2) is 0 Å².